The lowest BCUT2D eigenvalue weighted by Gasteiger charge is -2.01. The lowest BCUT2D eigenvalue weighted by Crippen LogP contribution is -1.94. The van der Waals surface area contributed by atoms with Gasteiger partial charge in [0.2, 0.25) is 0 Å². The molecule has 0 fully saturated rings. The Balaban J connectivity index is 3.07. The molecule has 1 heterocycles. The van der Waals surface area contributed by atoms with Gasteiger partial charge in [-0.1, -0.05) is 11.6 Å². The summed E-state index contributed by atoms with van der Waals surface area (Å²) in [5, 5.41) is 3.63. The smallest absolute Gasteiger partial charge is 0.128 e. The maximum Gasteiger partial charge on any atom is 0.128 e. The highest BCUT2D eigenvalue weighted by Gasteiger charge is 1.95. The predicted molar refractivity (Wildman–Crippen MR) is 43.5 cm³/mol. The summed E-state index contributed by atoms with van der Waals surface area (Å²) in [4.78, 5) is 4.05. The molecular weight excluding hydrogens is 148 g/mol. The van der Waals surface area contributed by atoms with Crippen molar-refractivity contribution in [3.8, 4) is 0 Å². The van der Waals surface area contributed by atoms with Crippen molar-refractivity contribution >= 4 is 17.4 Å². The molecule has 10 heavy (non-hydrogen) atoms. The van der Waals surface area contributed by atoms with E-state index >= 15 is 0 Å². The number of rotatable bonds is 1. The molecule has 2 nitrogen and oxygen atoms in total. The maximum absolute atomic E-state index is 5.68. The molecule has 0 bridgehead atoms. The zero-order valence-corrected chi connectivity index (χ0v) is 6.74. The Labute approximate surface area is 65.2 Å². The van der Waals surface area contributed by atoms with Crippen LogP contribution in [0.25, 0.3) is 0 Å². The van der Waals surface area contributed by atoms with E-state index in [1.54, 1.807) is 6.20 Å². The van der Waals surface area contributed by atoms with Crippen LogP contribution in [0.15, 0.2) is 12.3 Å². The molecule has 0 amide bonds. The molecule has 1 N–H and O–H groups in total. The van der Waals surface area contributed by atoms with Crippen molar-refractivity contribution in [2.45, 2.75) is 6.92 Å². The first-order chi connectivity index (χ1) is 4.74. The van der Waals surface area contributed by atoms with Gasteiger partial charge in [-0.05, 0) is 18.6 Å². The van der Waals surface area contributed by atoms with Gasteiger partial charge in [0.25, 0.3) is 0 Å². The van der Waals surface area contributed by atoms with Crippen molar-refractivity contribution in [2.75, 3.05) is 12.4 Å². The lowest BCUT2D eigenvalue weighted by atomic mass is 10.3. The Morgan fingerprint density at radius 2 is 2.30 bits per heavy atom. The van der Waals surface area contributed by atoms with E-state index in [-0.39, 0.29) is 0 Å². The zero-order chi connectivity index (χ0) is 7.56. The summed E-state index contributed by atoms with van der Waals surface area (Å²) < 4.78 is 0. The van der Waals surface area contributed by atoms with Crippen LogP contribution in [0, 0.1) is 6.92 Å². The second-order valence-electron chi connectivity index (χ2n) is 2.07. The van der Waals surface area contributed by atoms with E-state index < -0.39 is 0 Å². The number of aryl methyl sites for hydroxylation is 1. The Hall–Kier alpha value is -0.760. The molecule has 0 aliphatic carbocycles. The number of nitrogens with one attached hydrogen (secondary N) is 1. The molecule has 3 heteroatoms. The van der Waals surface area contributed by atoms with E-state index in [2.05, 4.69) is 10.3 Å². The molecule has 0 atom stereocenters. The zero-order valence-electron chi connectivity index (χ0n) is 5.98. The maximum atomic E-state index is 5.68. The summed E-state index contributed by atoms with van der Waals surface area (Å²) in [5.41, 5.74) is 1.06. The van der Waals surface area contributed by atoms with Crippen LogP contribution in [-0.2, 0) is 0 Å². The molecule has 54 valence electrons. The fourth-order valence-corrected chi connectivity index (χ4v) is 1.01. The largest absolute Gasteiger partial charge is 0.373 e. The van der Waals surface area contributed by atoms with Gasteiger partial charge in [-0.3, -0.25) is 0 Å². The van der Waals surface area contributed by atoms with Gasteiger partial charge in [0.05, 0.1) is 5.02 Å². The number of aromatic nitrogens is 1. The fraction of sp³-hybridized carbons (Fsp3) is 0.286. The van der Waals surface area contributed by atoms with Gasteiger partial charge in [0.1, 0.15) is 5.82 Å². The van der Waals surface area contributed by atoms with Crippen molar-refractivity contribution in [1.82, 2.24) is 4.98 Å². The van der Waals surface area contributed by atoms with Gasteiger partial charge in [-0.25, -0.2) is 4.98 Å². The summed E-state index contributed by atoms with van der Waals surface area (Å²) >= 11 is 5.68. The molecule has 0 radical (unpaired) electrons. The Morgan fingerprint density at radius 1 is 1.60 bits per heavy atom. The van der Waals surface area contributed by atoms with Gasteiger partial charge >= 0.3 is 0 Å². The van der Waals surface area contributed by atoms with Gasteiger partial charge in [0.15, 0.2) is 0 Å². The summed E-state index contributed by atoms with van der Waals surface area (Å²) in [7, 11) is 1.84. The van der Waals surface area contributed by atoms with Gasteiger partial charge < -0.3 is 5.32 Å². The SMILES string of the molecule is CNc1ncc(Cl)cc1C. The summed E-state index contributed by atoms with van der Waals surface area (Å²) in [6, 6.07) is 1.88. The molecule has 0 aromatic carbocycles. The average Bonchev–Trinajstić information content (AvgIpc) is 1.88. The first-order valence-electron chi connectivity index (χ1n) is 3.04. The topological polar surface area (TPSA) is 24.9 Å². The molecule has 1 rings (SSSR count). The summed E-state index contributed by atoms with van der Waals surface area (Å²) in [5.74, 6) is 0.879. The highest BCUT2D eigenvalue weighted by molar-refractivity contribution is 6.30. The fourth-order valence-electron chi connectivity index (χ4n) is 0.802. The molecular formula is C7H9ClN2. The van der Waals surface area contributed by atoms with E-state index in [4.69, 9.17) is 11.6 Å². The van der Waals surface area contributed by atoms with Gasteiger partial charge in [-0.15, -0.1) is 0 Å². The van der Waals surface area contributed by atoms with Crippen LogP contribution in [-0.4, -0.2) is 12.0 Å². The van der Waals surface area contributed by atoms with E-state index in [0.29, 0.717) is 5.02 Å². The first kappa shape index (κ1) is 7.35. The normalized spacial score (nSPS) is 9.50. The monoisotopic (exact) mass is 156 g/mol. The van der Waals surface area contributed by atoms with Crippen LogP contribution in [0.4, 0.5) is 5.82 Å². The minimum atomic E-state index is 0.677. The van der Waals surface area contributed by atoms with Crippen LogP contribution in [0.3, 0.4) is 0 Å². The highest BCUT2D eigenvalue weighted by atomic mass is 35.5. The van der Waals surface area contributed by atoms with Crippen molar-refractivity contribution in [3.63, 3.8) is 0 Å². The average molecular weight is 157 g/mol. The van der Waals surface area contributed by atoms with E-state index in [1.807, 2.05) is 20.0 Å². The standard InChI is InChI=1S/C7H9ClN2/c1-5-3-6(8)4-10-7(5)9-2/h3-4H,1-2H3,(H,9,10). The van der Waals surface area contributed by atoms with Crippen LogP contribution in [0.2, 0.25) is 5.02 Å². The third-order valence-electron chi connectivity index (χ3n) is 1.28. The highest BCUT2D eigenvalue weighted by Crippen LogP contribution is 2.14. The molecule has 0 saturated carbocycles. The first-order valence-corrected chi connectivity index (χ1v) is 3.41. The second-order valence-corrected chi connectivity index (χ2v) is 2.51. The van der Waals surface area contributed by atoms with Crippen LogP contribution >= 0.6 is 11.6 Å². The van der Waals surface area contributed by atoms with Crippen LogP contribution in [0.5, 0.6) is 0 Å². The molecule has 0 unspecified atom stereocenters. The van der Waals surface area contributed by atoms with E-state index in [1.165, 1.54) is 0 Å². The lowest BCUT2D eigenvalue weighted by molar-refractivity contribution is 1.24. The molecule has 1 aromatic heterocycles. The Kier molecular flexibility index (Phi) is 2.12. The third-order valence-corrected chi connectivity index (χ3v) is 1.49. The van der Waals surface area contributed by atoms with Crippen molar-refractivity contribution in [3.05, 3.63) is 22.8 Å². The van der Waals surface area contributed by atoms with Gasteiger partial charge in [0, 0.05) is 13.2 Å². The predicted octanol–water partition coefficient (Wildman–Crippen LogP) is 2.09. The third kappa shape index (κ3) is 1.39. The van der Waals surface area contributed by atoms with Crippen LogP contribution in [0.1, 0.15) is 5.56 Å². The Bertz CT molecular complexity index is 235. The molecule has 0 aliphatic heterocycles. The Morgan fingerprint density at radius 3 is 2.80 bits per heavy atom. The molecule has 0 saturated heterocycles. The van der Waals surface area contributed by atoms with Crippen molar-refractivity contribution in [1.29, 1.82) is 0 Å². The molecule has 1 aromatic rings. The van der Waals surface area contributed by atoms with Crippen LogP contribution < -0.4 is 5.32 Å². The number of anilines is 1. The number of hydrogen-bond donors (Lipinski definition) is 1. The number of hydrogen-bond acceptors (Lipinski definition) is 2. The minimum absolute atomic E-state index is 0.677. The summed E-state index contributed by atoms with van der Waals surface area (Å²) in [6.45, 7) is 1.96. The number of nitrogens with zero attached hydrogens (tertiary/aromatic N) is 1. The second kappa shape index (κ2) is 2.88. The molecule has 0 spiro atoms. The summed E-state index contributed by atoms with van der Waals surface area (Å²) in [6.07, 6.45) is 1.63. The van der Waals surface area contributed by atoms with E-state index in [0.717, 1.165) is 11.4 Å². The number of pyridine rings is 1. The van der Waals surface area contributed by atoms with Crippen molar-refractivity contribution < 1.29 is 0 Å². The van der Waals surface area contributed by atoms with Crippen molar-refractivity contribution in [2.24, 2.45) is 0 Å². The minimum Gasteiger partial charge on any atom is -0.373 e. The molecule has 0 aliphatic rings. The van der Waals surface area contributed by atoms with Gasteiger partial charge in [-0.2, -0.15) is 0 Å². The number of halogens is 1. The quantitative estimate of drug-likeness (QED) is 0.674. The van der Waals surface area contributed by atoms with E-state index in [9.17, 15) is 0 Å².